The quantitative estimate of drug-likeness (QED) is 0.249. The molecule has 12 heteroatoms. The summed E-state index contributed by atoms with van der Waals surface area (Å²) >= 11 is 0. The van der Waals surface area contributed by atoms with Gasteiger partial charge in [0, 0.05) is 29.8 Å². The van der Waals surface area contributed by atoms with Crippen LogP contribution < -0.4 is 5.73 Å². The maximum atomic E-state index is 15.2. The van der Waals surface area contributed by atoms with Crippen LogP contribution in [0.25, 0.3) is 27.7 Å². The van der Waals surface area contributed by atoms with Gasteiger partial charge in [-0.05, 0) is 23.8 Å². The minimum atomic E-state index is -2.82. The number of amides is 1. The first-order valence-corrected chi connectivity index (χ1v) is 11.4. The first-order valence-electron chi connectivity index (χ1n) is 11.4. The molecule has 2 aromatic carbocycles. The number of aromatic nitrogens is 5. The van der Waals surface area contributed by atoms with Gasteiger partial charge in [0.2, 0.25) is 0 Å². The Morgan fingerprint density at radius 1 is 1.11 bits per heavy atom. The van der Waals surface area contributed by atoms with Gasteiger partial charge in [0.25, 0.3) is 5.91 Å². The molecule has 0 unspecified atom stereocenters. The van der Waals surface area contributed by atoms with Gasteiger partial charge in [-0.25, -0.2) is 23.4 Å². The van der Waals surface area contributed by atoms with Crippen LogP contribution in [-0.4, -0.2) is 35.0 Å². The number of carbonyl (C=O) groups is 1. The molecule has 0 aliphatic heterocycles. The number of halogens is 4. The van der Waals surface area contributed by atoms with E-state index in [4.69, 9.17) is 5.73 Å². The molecule has 1 amide bonds. The second-order valence-corrected chi connectivity index (χ2v) is 8.65. The Hall–Kier alpha value is -4.96. The van der Waals surface area contributed by atoms with Gasteiger partial charge in [-0.15, -0.1) is 5.73 Å². The van der Waals surface area contributed by atoms with Crippen LogP contribution in [0.4, 0.5) is 23.4 Å². The van der Waals surface area contributed by atoms with Crippen LogP contribution >= 0.6 is 0 Å². The van der Waals surface area contributed by atoms with E-state index >= 15 is 8.78 Å². The largest absolute Gasteiger partial charge is 0.382 e. The van der Waals surface area contributed by atoms with E-state index in [-0.39, 0.29) is 29.0 Å². The molecule has 0 spiro atoms. The highest BCUT2D eigenvalue weighted by atomic mass is 19.3. The molecule has 1 aliphatic carbocycles. The van der Waals surface area contributed by atoms with Crippen molar-refractivity contribution in [2.75, 3.05) is 5.73 Å². The SMILES string of the molecule is Nc1nc2cc(F)c(C(=O)N(Cc3ccc(-c4cnn(C(F)F)c4)cc3F)C3=C=CC3)cc2n2cncc12. The molecule has 1 aliphatic rings. The fraction of sp³-hybridized carbons (Fsp3) is 0.115. The molecule has 0 fully saturated rings. The number of benzene rings is 2. The fourth-order valence-corrected chi connectivity index (χ4v) is 4.30. The van der Waals surface area contributed by atoms with E-state index in [9.17, 15) is 13.6 Å². The molecule has 6 rings (SSSR count). The number of nitrogens with two attached hydrogens (primary N) is 1. The van der Waals surface area contributed by atoms with E-state index in [2.05, 4.69) is 20.8 Å². The van der Waals surface area contributed by atoms with Crippen molar-refractivity contribution in [2.45, 2.75) is 19.5 Å². The van der Waals surface area contributed by atoms with Gasteiger partial charge >= 0.3 is 6.55 Å². The van der Waals surface area contributed by atoms with Gasteiger partial charge in [0.15, 0.2) is 0 Å². The summed E-state index contributed by atoms with van der Waals surface area (Å²) in [6.07, 6.45) is 7.42. The fourth-order valence-electron chi connectivity index (χ4n) is 4.30. The number of nitrogen functional groups attached to an aromatic ring is 1. The first-order chi connectivity index (χ1) is 18.3. The normalized spacial score (nSPS) is 12.8. The number of imidazole rings is 1. The molecule has 0 saturated carbocycles. The van der Waals surface area contributed by atoms with Gasteiger partial charge in [0.1, 0.15) is 23.0 Å². The molecule has 3 heterocycles. The standard InChI is InChI=1S/C26H17F4N7O/c27-19-6-14(16-9-33-37(12-16)26(29)30)4-5-15(19)11-35(17-2-1-3-17)25(38)18-7-22-21(8-20(18)28)34-24(31)23-10-32-13-36(22)23/h1,4-10,12-13,26H,2,11H2,(H2,31,34). The topological polar surface area (TPSA) is 94.3 Å². The van der Waals surface area contributed by atoms with Crippen LogP contribution in [0, 0.1) is 11.6 Å². The second-order valence-electron chi connectivity index (χ2n) is 8.65. The maximum absolute atomic E-state index is 15.2. The summed E-state index contributed by atoms with van der Waals surface area (Å²) in [5.74, 6) is -1.99. The third-order valence-electron chi connectivity index (χ3n) is 6.35. The van der Waals surface area contributed by atoms with E-state index in [1.54, 1.807) is 16.5 Å². The van der Waals surface area contributed by atoms with Crippen LogP contribution in [0.2, 0.25) is 0 Å². The molecule has 3 aromatic heterocycles. The highest BCUT2D eigenvalue weighted by Gasteiger charge is 2.26. The lowest BCUT2D eigenvalue weighted by molar-refractivity contribution is 0.0566. The summed E-state index contributed by atoms with van der Waals surface area (Å²) in [4.78, 5) is 23.1. The van der Waals surface area contributed by atoms with E-state index in [0.29, 0.717) is 39.0 Å². The molecule has 0 saturated heterocycles. The highest BCUT2D eigenvalue weighted by molar-refractivity contribution is 5.99. The Morgan fingerprint density at radius 2 is 1.92 bits per heavy atom. The summed E-state index contributed by atoms with van der Waals surface area (Å²) in [5, 5.41) is 3.57. The van der Waals surface area contributed by atoms with Crippen LogP contribution in [0.5, 0.6) is 0 Å². The van der Waals surface area contributed by atoms with Crippen LogP contribution in [0.15, 0.2) is 72.8 Å². The van der Waals surface area contributed by atoms with Crippen molar-refractivity contribution in [1.82, 2.24) is 29.0 Å². The molecule has 0 bridgehead atoms. The molecule has 2 N–H and O–H groups in total. The Morgan fingerprint density at radius 3 is 2.61 bits per heavy atom. The molecule has 8 nitrogen and oxygen atoms in total. The van der Waals surface area contributed by atoms with Gasteiger partial charge in [-0.1, -0.05) is 12.1 Å². The Balaban J connectivity index is 1.35. The van der Waals surface area contributed by atoms with Gasteiger partial charge in [0.05, 0.1) is 47.6 Å². The smallest absolute Gasteiger partial charge is 0.333 e. The van der Waals surface area contributed by atoms with Crippen LogP contribution in [0.3, 0.4) is 0 Å². The Labute approximate surface area is 211 Å². The predicted molar refractivity (Wildman–Crippen MR) is 130 cm³/mol. The lowest BCUT2D eigenvalue weighted by atomic mass is 10.0. The van der Waals surface area contributed by atoms with Crippen molar-refractivity contribution in [3.05, 3.63) is 95.5 Å². The summed E-state index contributed by atoms with van der Waals surface area (Å²) in [6.45, 7) is -3.01. The molecule has 0 radical (unpaired) electrons. The zero-order valence-corrected chi connectivity index (χ0v) is 19.4. The molecular formula is C26H17F4N7O. The molecule has 0 atom stereocenters. The van der Waals surface area contributed by atoms with Crippen LogP contribution in [-0.2, 0) is 6.54 Å². The molecule has 5 aromatic rings. The molecule has 38 heavy (non-hydrogen) atoms. The van der Waals surface area contributed by atoms with Crippen molar-refractivity contribution in [3.63, 3.8) is 0 Å². The number of hydrogen-bond donors (Lipinski definition) is 1. The highest BCUT2D eigenvalue weighted by Crippen LogP contribution is 2.29. The Bertz CT molecular complexity index is 1820. The number of carbonyl (C=O) groups excluding carboxylic acids is 1. The average molecular weight is 519 g/mol. The van der Waals surface area contributed by atoms with E-state index in [0.717, 1.165) is 12.3 Å². The van der Waals surface area contributed by atoms with E-state index in [1.807, 2.05) is 0 Å². The van der Waals surface area contributed by atoms with Crippen LogP contribution in [0.1, 0.15) is 28.9 Å². The van der Waals surface area contributed by atoms with Crippen molar-refractivity contribution >= 4 is 28.3 Å². The van der Waals surface area contributed by atoms with Gasteiger partial charge < -0.3 is 10.6 Å². The average Bonchev–Trinajstić information content (AvgIpc) is 3.54. The van der Waals surface area contributed by atoms with Gasteiger partial charge in [-0.2, -0.15) is 13.9 Å². The number of alkyl halides is 2. The summed E-state index contributed by atoms with van der Waals surface area (Å²) in [6, 6.07) is 6.66. The third kappa shape index (κ3) is 3.87. The number of nitrogens with zero attached hydrogens (tertiary/aromatic N) is 6. The van der Waals surface area contributed by atoms with Crippen molar-refractivity contribution in [3.8, 4) is 11.1 Å². The lowest BCUT2D eigenvalue weighted by Gasteiger charge is -2.26. The maximum Gasteiger partial charge on any atom is 0.333 e. The van der Waals surface area contributed by atoms with E-state index < -0.39 is 24.1 Å². The summed E-state index contributed by atoms with van der Waals surface area (Å²) in [7, 11) is 0. The first kappa shape index (κ1) is 23.4. The minimum Gasteiger partial charge on any atom is -0.382 e. The monoisotopic (exact) mass is 519 g/mol. The van der Waals surface area contributed by atoms with Crippen molar-refractivity contribution in [1.29, 1.82) is 0 Å². The lowest BCUT2D eigenvalue weighted by Crippen LogP contribution is -2.32. The molecule has 190 valence electrons. The Kier molecular flexibility index (Phi) is 5.46. The van der Waals surface area contributed by atoms with Crippen molar-refractivity contribution in [2.24, 2.45) is 0 Å². The van der Waals surface area contributed by atoms with Crippen molar-refractivity contribution < 1.29 is 22.4 Å². The predicted octanol–water partition coefficient (Wildman–Crippen LogP) is 5.09. The zero-order chi connectivity index (χ0) is 26.6. The number of fused-ring (bicyclic) bond motifs is 3. The second kappa shape index (κ2) is 8.86. The zero-order valence-electron chi connectivity index (χ0n) is 19.4. The van der Waals surface area contributed by atoms with E-state index in [1.165, 1.54) is 41.8 Å². The number of hydrogen-bond acceptors (Lipinski definition) is 5. The minimum absolute atomic E-state index is 0.150. The summed E-state index contributed by atoms with van der Waals surface area (Å²) < 4.78 is 58.0. The van der Waals surface area contributed by atoms with Gasteiger partial charge in [-0.3, -0.25) is 9.20 Å². The third-order valence-corrected chi connectivity index (χ3v) is 6.35. The number of anilines is 1. The number of rotatable bonds is 6. The summed E-state index contributed by atoms with van der Waals surface area (Å²) in [5.41, 5.74) is 11.0. The molecular weight excluding hydrogens is 502 g/mol.